The van der Waals surface area contributed by atoms with Gasteiger partial charge in [0, 0.05) is 22.7 Å². The predicted molar refractivity (Wildman–Crippen MR) is 131 cm³/mol. The summed E-state index contributed by atoms with van der Waals surface area (Å²) in [6.07, 6.45) is 2.27. The molecule has 0 amide bonds. The van der Waals surface area contributed by atoms with Crippen LogP contribution >= 0.6 is 0 Å². The van der Waals surface area contributed by atoms with Crippen LogP contribution in [0.5, 0.6) is 0 Å². The van der Waals surface area contributed by atoms with E-state index in [-0.39, 0.29) is 0 Å². The average Bonchev–Trinajstić information content (AvgIpc) is 3.52. The standard InChI is InChI=1S/C28H26N4O2/c1-16-8-7-11-24(29-16)28(33,21-9-5-4-6-10-21)22-14-20(25-17(2)32-34-18(25)3)15-23-26(22)31-27(30-23)19-12-13-19/h4-11,14-15,19,33H,12-13H2,1-3H3,(H,30,31). The van der Waals surface area contributed by atoms with Crippen LogP contribution in [0.4, 0.5) is 0 Å². The number of aryl methyl sites for hydroxylation is 3. The molecule has 1 aliphatic carbocycles. The van der Waals surface area contributed by atoms with Crippen molar-refractivity contribution in [1.29, 1.82) is 0 Å². The normalized spacial score (nSPS) is 15.5. The van der Waals surface area contributed by atoms with E-state index in [0.29, 0.717) is 17.2 Å². The molecule has 2 aromatic carbocycles. The van der Waals surface area contributed by atoms with Crippen molar-refractivity contribution in [3.8, 4) is 11.1 Å². The van der Waals surface area contributed by atoms with Gasteiger partial charge in [0.15, 0.2) is 5.60 Å². The Labute approximate surface area is 197 Å². The summed E-state index contributed by atoms with van der Waals surface area (Å²) in [7, 11) is 0. The number of nitrogens with zero attached hydrogens (tertiary/aromatic N) is 3. The van der Waals surface area contributed by atoms with E-state index in [1.165, 1.54) is 0 Å². The molecule has 3 heterocycles. The van der Waals surface area contributed by atoms with Crippen LogP contribution in [0.1, 0.15) is 58.6 Å². The molecule has 0 saturated heterocycles. The van der Waals surface area contributed by atoms with Crippen molar-refractivity contribution >= 4 is 11.0 Å². The zero-order valence-electron chi connectivity index (χ0n) is 19.5. The highest BCUT2D eigenvalue weighted by Gasteiger charge is 2.39. The molecule has 0 bridgehead atoms. The Bertz CT molecular complexity index is 1500. The Kier molecular flexibility index (Phi) is 4.67. The van der Waals surface area contributed by atoms with Crippen LogP contribution in [0.2, 0.25) is 0 Å². The third kappa shape index (κ3) is 3.25. The van der Waals surface area contributed by atoms with Gasteiger partial charge in [-0.3, -0.25) is 4.98 Å². The van der Waals surface area contributed by atoms with Crippen LogP contribution in [0, 0.1) is 20.8 Å². The Hall–Kier alpha value is -3.77. The van der Waals surface area contributed by atoms with Gasteiger partial charge in [-0.25, -0.2) is 4.98 Å². The van der Waals surface area contributed by atoms with Crippen LogP contribution in [0.3, 0.4) is 0 Å². The van der Waals surface area contributed by atoms with E-state index in [9.17, 15) is 5.11 Å². The zero-order valence-corrected chi connectivity index (χ0v) is 19.5. The van der Waals surface area contributed by atoms with E-state index in [0.717, 1.165) is 63.5 Å². The maximum Gasteiger partial charge on any atom is 0.159 e. The number of hydrogen-bond donors (Lipinski definition) is 2. The van der Waals surface area contributed by atoms with E-state index >= 15 is 0 Å². The summed E-state index contributed by atoms with van der Waals surface area (Å²) < 4.78 is 5.48. The fraction of sp³-hybridized carbons (Fsp3) is 0.250. The van der Waals surface area contributed by atoms with Crippen LogP contribution < -0.4 is 0 Å². The predicted octanol–water partition coefficient (Wildman–Crippen LogP) is 5.70. The first kappa shape index (κ1) is 20.8. The van der Waals surface area contributed by atoms with E-state index in [4.69, 9.17) is 14.5 Å². The van der Waals surface area contributed by atoms with E-state index in [1.807, 2.05) is 75.4 Å². The van der Waals surface area contributed by atoms with Gasteiger partial charge >= 0.3 is 0 Å². The molecule has 0 aliphatic heterocycles. The number of aliphatic hydroxyl groups is 1. The van der Waals surface area contributed by atoms with Crippen LogP contribution in [-0.4, -0.2) is 25.2 Å². The Morgan fingerprint density at radius 3 is 2.44 bits per heavy atom. The van der Waals surface area contributed by atoms with Crippen molar-refractivity contribution in [3.05, 3.63) is 100 Å². The largest absolute Gasteiger partial charge is 0.374 e. The number of aromatic amines is 1. The second-order valence-electron chi connectivity index (χ2n) is 9.26. The van der Waals surface area contributed by atoms with Gasteiger partial charge in [0.2, 0.25) is 0 Å². The quantitative estimate of drug-likeness (QED) is 0.359. The molecule has 6 heteroatoms. The van der Waals surface area contributed by atoms with Gasteiger partial charge in [-0.05, 0) is 69.0 Å². The molecule has 34 heavy (non-hydrogen) atoms. The summed E-state index contributed by atoms with van der Waals surface area (Å²) in [5.41, 5.74) is 5.62. The highest BCUT2D eigenvalue weighted by atomic mass is 16.5. The number of rotatable bonds is 5. The number of imidazole rings is 1. The number of pyridine rings is 1. The summed E-state index contributed by atoms with van der Waals surface area (Å²) in [5.74, 6) is 2.16. The summed E-state index contributed by atoms with van der Waals surface area (Å²) in [6, 6.07) is 19.5. The molecule has 0 radical (unpaired) electrons. The third-order valence-corrected chi connectivity index (χ3v) is 6.73. The summed E-state index contributed by atoms with van der Waals surface area (Å²) in [5, 5.41) is 16.8. The molecular weight excluding hydrogens is 424 g/mol. The average molecular weight is 451 g/mol. The lowest BCUT2D eigenvalue weighted by molar-refractivity contribution is 0.122. The molecule has 1 fully saturated rings. The lowest BCUT2D eigenvalue weighted by Crippen LogP contribution is -2.30. The number of hydrogen-bond acceptors (Lipinski definition) is 5. The maximum absolute atomic E-state index is 12.6. The molecular formula is C28H26N4O2. The Balaban J connectivity index is 1.70. The molecule has 2 N–H and O–H groups in total. The van der Waals surface area contributed by atoms with Crippen molar-refractivity contribution in [1.82, 2.24) is 20.1 Å². The van der Waals surface area contributed by atoms with Crippen molar-refractivity contribution in [2.45, 2.75) is 45.1 Å². The molecule has 1 aliphatic rings. The van der Waals surface area contributed by atoms with Gasteiger partial charge in [-0.2, -0.15) is 0 Å². The lowest BCUT2D eigenvalue weighted by atomic mass is 9.81. The smallest absolute Gasteiger partial charge is 0.159 e. The molecule has 6 rings (SSSR count). The van der Waals surface area contributed by atoms with E-state index in [2.05, 4.69) is 16.2 Å². The van der Waals surface area contributed by atoms with Gasteiger partial charge in [0.1, 0.15) is 11.6 Å². The van der Waals surface area contributed by atoms with Gasteiger partial charge in [0.05, 0.1) is 22.4 Å². The molecule has 5 aromatic rings. The minimum atomic E-state index is -1.50. The third-order valence-electron chi connectivity index (χ3n) is 6.73. The summed E-state index contributed by atoms with van der Waals surface area (Å²) >= 11 is 0. The molecule has 0 spiro atoms. The number of nitrogens with one attached hydrogen (secondary N) is 1. The second kappa shape index (κ2) is 7.64. The van der Waals surface area contributed by atoms with E-state index in [1.54, 1.807) is 0 Å². The van der Waals surface area contributed by atoms with E-state index < -0.39 is 5.60 Å². The highest BCUT2D eigenvalue weighted by molar-refractivity contribution is 5.88. The fourth-order valence-corrected chi connectivity index (χ4v) is 4.87. The molecule has 1 saturated carbocycles. The second-order valence-corrected chi connectivity index (χ2v) is 9.26. The van der Waals surface area contributed by atoms with Crippen LogP contribution in [0.15, 0.2) is 65.2 Å². The molecule has 170 valence electrons. The van der Waals surface area contributed by atoms with Crippen LogP contribution in [0.25, 0.3) is 22.2 Å². The monoisotopic (exact) mass is 450 g/mol. The maximum atomic E-state index is 12.6. The summed E-state index contributed by atoms with van der Waals surface area (Å²) in [4.78, 5) is 13.3. The van der Waals surface area contributed by atoms with Gasteiger partial charge in [-0.15, -0.1) is 0 Å². The fourth-order valence-electron chi connectivity index (χ4n) is 4.87. The Morgan fingerprint density at radius 1 is 0.971 bits per heavy atom. The number of H-pyrrole nitrogens is 1. The van der Waals surface area contributed by atoms with Crippen molar-refractivity contribution in [2.75, 3.05) is 0 Å². The molecule has 1 unspecified atom stereocenters. The topological polar surface area (TPSA) is 87.8 Å². The minimum absolute atomic E-state index is 0.449. The molecule has 6 nitrogen and oxygen atoms in total. The number of fused-ring (bicyclic) bond motifs is 1. The van der Waals surface area contributed by atoms with Gasteiger partial charge in [0.25, 0.3) is 0 Å². The first-order valence-corrected chi connectivity index (χ1v) is 11.6. The molecule has 3 aromatic heterocycles. The zero-order chi connectivity index (χ0) is 23.4. The van der Waals surface area contributed by atoms with Crippen molar-refractivity contribution in [2.24, 2.45) is 0 Å². The first-order valence-electron chi connectivity index (χ1n) is 11.6. The minimum Gasteiger partial charge on any atom is -0.374 e. The van der Waals surface area contributed by atoms with Gasteiger partial charge < -0.3 is 14.6 Å². The number of benzene rings is 2. The summed E-state index contributed by atoms with van der Waals surface area (Å²) in [6.45, 7) is 5.78. The van der Waals surface area contributed by atoms with Crippen molar-refractivity contribution < 1.29 is 9.63 Å². The first-order chi connectivity index (χ1) is 16.4. The SMILES string of the molecule is Cc1cccc(C(O)(c2ccccc2)c2cc(-c3c(C)noc3C)cc3[nH]c(C4CC4)nc23)n1. The number of aromatic nitrogens is 4. The van der Waals surface area contributed by atoms with Crippen molar-refractivity contribution in [3.63, 3.8) is 0 Å². The lowest BCUT2D eigenvalue weighted by Gasteiger charge is -2.30. The highest BCUT2D eigenvalue weighted by Crippen LogP contribution is 2.44. The van der Waals surface area contributed by atoms with Crippen LogP contribution in [-0.2, 0) is 5.60 Å². The molecule has 1 atom stereocenters. The Morgan fingerprint density at radius 2 is 1.76 bits per heavy atom. The van der Waals surface area contributed by atoms with Gasteiger partial charge in [-0.1, -0.05) is 41.6 Å².